The second-order valence-electron chi connectivity index (χ2n) is 3.89. The fourth-order valence-electron chi connectivity index (χ4n) is 1.43. The second-order valence-corrected chi connectivity index (χ2v) is 4.71. The molecule has 0 amide bonds. The lowest BCUT2D eigenvalue weighted by Crippen LogP contribution is -2.16. The van der Waals surface area contributed by atoms with Gasteiger partial charge in [0.25, 0.3) is 0 Å². The summed E-state index contributed by atoms with van der Waals surface area (Å²) in [6.07, 6.45) is 2.11. The summed E-state index contributed by atoms with van der Waals surface area (Å²) in [6, 6.07) is 5.70. The van der Waals surface area contributed by atoms with E-state index in [9.17, 15) is 0 Å². The van der Waals surface area contributed by atoms with Crippen molar-refractivity contribution in [2.45, 2.75) is 26.3 Å². The fraction of sp³-hybridized carbons (Fsp3) is 0.538. The maximum Gasteiger partial charge on any atom is 0.0595 e. The molecule has 0 aromatic heterocycles. The van der Waals surface area contributed by atoms with E-state index in [2.05, 4.69) is 12.2 Å². The van der Waals surface area contributed by atoms with Gasteiger partial charge in [0.15, 0.2) is 0 Å². The van der Waals surface area contributed by atoms with Crippen molar-refractivity contribution in [1.82, 2.24) is 5.32 Å². The number of hydrogen-bond donors (Lipinski definition) is 1. The molecule has 0 atom stereocenters. The molecule has 0 fully saturated rings. The van der Waals surface area contributed by atoms with E-state index in [1.165, 1.54) is 0 Å². The number of rotatable bonds is 8. The van der Waals surface area contributed by atoms with Gasteiger partial charge in [-0.05, 0) is 37.1 Å². The van der Waals surface area contributed by atoms with Crippen LogP contribution in [0.25, 0.3) is 0 Å². The zero-order valence-corrected chi connectivity index (χ0v) is 11.7. The van der Waals surface area contributed by atoms with Crippen molar-refractivity contribution < 1.29 is 4.74 Å². The van der Waals surface area contributed by atoms with Crippen molar-refractivity contribution in [3.05, 3.63) is 33.8 Å². The lowest BCUT2D eigenvalue weighted by molar-refractivity contribution is 0.132. The van der Waals surface area contributed by atoms with Crippen LogP contribution in [-0.4, -0.2) is 19.8 Å². The van der Waals surface area contributed by atoms with Gasteiger partial charge in [0.1, 0.15) is 0 Å². The lowest BCUT2D eigenvalue weighted by Gasteiger charge is -2.06. The minimum Gasteiger partial charge on any atom is -0.381 e. The molecule has 17 heavy (non-hydrogen) atoms. The van der Waals surface area contributed by atoms with Crippen LogP contribution in [-0.2, 0) is 11.3 Å². The number of benzene rings is 1. The summed E-state index contributed by atoms with van der Waals surface area (Å²) in [7, 11) is 0. The fourth-order valence-corrected chi connectivity index (χ4v) is 1.75. The highest BCUT2D eigenvalue weighted by atomic mass is 35.5. The van der Waals surface area contributed by atoms with E-state index < -0.39 is 0 Å². The van der Waals surface area contributed by atoms with Crippen LogP contribution in [0.4, 0.5) is 0 Å². The molecule has 0 spiro atoms. The molecule has 4 heteroatoms. The van der Waals surface area contributed by atoms with Crippen LogP contribution >= 0.6 is 23.2 Å². The third-order valence-corrected chi connectivity index (χ3v) is 3.04. The maximum atomic E-state index is 5.93. The highest BCUT2D eigenvalue weighted by Crippen LogP contribution is 2.22. The topological polar surface area (TPSA) is 21.3 Å². The minimum absolute atomic E-state index is 0.600. The van der Waals surface area contributed by atoms with Gasteiger partial charge < -0.3 is 10.1 Å². The summed E-state index contributed by atoms with van der Waals surface area (Å²) < 4.78 is 5.39. The Kier molecular flexibility index (Phi) is 7.62. The average molecular weight is 276 g/mol. The second kappa shape index (κ2) is 8.76. The molecule has 0 saturated carbocycles. The van der Waals surface area contributed by atoms with Crippen molar-refractivity contribution >= 4 is 23.2 Å². The Morgan fingerprint density at radius 3 is 2.71 bits per heavy atom. The molecule has 0 aliphatic rings. The molecule has 1 aromatic rings. The molecule has 2 nitrogen and oxygen atoms in total. The molecule has 0 aliphatic heterocycles. The van der Waals surface area contributed by atoms with E-state index in [-0.39, 0.29) is 0 Å². The Morgan fingerprint density at radius 2 is 2.00 bits per heavy atom. The van der Waals surface area contributed by atoms with E-state index in [0.29, 0.717) is 10.0 Å². The summed E-state index contributed by atoms with van der Waals surface area (Å²) in [5.74, 6) is 0. The monoisotopic (exact) mass is 275 g/mol. The van der Waals surface area contributed by atoms with Crippen LogP contribution in [0.1, 0.15) is 25.3 Å². The first-order chi connectivity index (χ1) is 8.24. The summed E-state index contributed by atoms with van der Waals surface area (Å²) in [5, 5.41) is 4.55. The van der Waals surface area contributed by atoms with Gasteiger partial charge in [0.05, 0.1) is 10.0 Å². The molecular formula is C13H19Cl2NO. The van der Waals surface area contributed by atoms with Crippen molar-refractivity contribution in [3.63, 3.8) is 0 Å². The normalized spacial score (nSPS) is 10.8. The Bertz CT molecular complexity index is 331. The van der Waals surface area contributed by atoms with Crippen LogP contribution in [0, 0.1) is 0 Å². The van der Waals surface area contributed by atoms with Crippen LogP contribution in [0.2, 0.25) is 10.0 Å². The molecule has 0 unspecified atom stereocenters. The third-order valence-electron chi connectivity index (χ3n) is 2.30. The zero-order chi connectivity index (χ0) is 12.5. The Labute approximate surface area is 113 Å². The van der Waals surface area contributed by atoms with Crippen molar-refractivity contribution in [2.24, 2.45) is 0 Å². The average Bonchev–Trinajstić information content (AvgIpc) is 2.32. The molecule has 1 aromatic carbocycles. The molecule has 0 radical (unpaired) electrons. The molecule has 0 aliphatic carbocycles. The first-order valence-corrected chi connectivity index (χ1v) is 6.72. The van der Waals surface area contributed by atoms with Gasteiger partial charge in [-0.25, -0.2) is 0 Å². The van der Waals surface area contributed by atoms with Crippen LogP contribution < -0.4 is 5.32 Å². The van der Waals surface area contributed by atoms with Crippen LogP contribution in [0.5, 0.6) is 0 Å². The number of hydrogen-bond acceptors (Lipinski definition) is 2. The van der Waals surface area contributed by atoms with Crippen molar-refractivity contribution in [1.29, 1.82) is 0 Å². The summed E-state index contributed by atoms with van der Waals surface area (Å²) in [6.45, 7) is 5.55. The van der Waals surface area contributed by atoms with Gasteiger partial charge in [-0.15, -0.1) is 0 Å². The van der Waals surface area contributed by atoms with Gasteiger partial charge >= 0.3 is 0 Å². The highest BCUT2D eigenvalue weighted by molar-refractivity contribution is 6.42. The highest BCUT2D eigenvalue weighted by Gasteiger charge is 1.98. The molecule has 1 N–H and O–H groups in total. The van der Waals surface area contributed by atoms with E-state index in [4.69, 9.17) is 27.9 Å². The van der Waals surface area contributed by atoms with Gasteiger partial charge in [-0.2, -0.15) is 0 Å². The van der Waals surface area contributed by atoms with Crippen LogP contribution in [0.15, 0.2) is 18.2 Å². The summed E-state index contributed by atoms with van der Waals surface area (Å²) in [4.78, 5) is 0. The largest absolute Gasteiger partial charge is 0.381 e. The van der Waals surface area contributed by atoms with Crippen molar-refractivity contribution in [2.75, 3.05) is 19.8 Å². The SMILES string of the molecule is CCCOCCCNCc1ccc(Cl)c(Cl)c1. The third kappa shape index (κ3) is 6.27. The summed E-state index contributed by atoms with van der Waals surface area (Å²) >= 11 is 11.8. The first-order valence-electron chi connectivity index (χ1n) is 5.96. The number of nitrogens with one attached hydrogen (secondary N) is 1. The summed E-state index contributed by atoms with van der Waals surface area (Å²) in [5.41, 5.74) is 1.15. The Hall–Kier alpha value is -0.280. The Morgan fingerprint density at radius 1 is 1.18 bits per heavy atom. The quantitative estimate of drug-likeness (QED) is 0.727. The number of halogens is 2. The molecule has 96 valence electrons. The van der Waals surface area contributed by atoms with Gasteiger partial charge in [-0.3, -0.25) is 0 Å². The number of ether oxygens (including phenoxy) is 1. The van der Waals surface area contributed by atoms with E-state index >= 15 is 0 Å². The van der Waals surface area contributed by atoms with Gasteiger partial charge in [0.2, 0.25) is 0 Å². The van der Waals surface area contributed by atoms with Gasteiger partial charge in [0, 0.05) is 19.8 Å². The van der Waals surface area contributed by atoms with E-state index in [1.54, 1.807) is 0 Å². The predicted molar refractivity (Wildman–Crippen MR) is 73.9 cm³/mol. The molecule has 0 heterocycles. The minimum atomic E-state index is 0.600. The molecule has 0 bridgehead atoms. The molecule has 1 rings (SSSR count). The standard InChI is InChI=1S/C13H19Cl2NO/c1-2-7-17-8-3-6-16-10-11-4-5-12(14)13(15)9-11/h4-5,9,16H,2-3,6-8,10H2,1H3. The van der Waals surface area contributed by atoms with Gasteiger partial charge in [-0.1, -0.05) is 36.2 Å². The smallest absolute Gasteiger partial charge is 0.0595 e. The zero-order valence-electron chi connectivity index (χ0n) is 10.1. The first kappa shape index (κ1) is 14.8. The van der Waals surface area contributed by atoms with E-state index in [1.807, 2.05) is 18.2 Å². The van der Waals surface area contributed by atoms with Crippen molar-refractivity contribution in [3.8, 4) is 0 Å². The molecular weight excluding hydrogens is 257 g/mol. The predicted octanol–water partition coefficient (Wildman–Crippen LogP) is 3.90. The van der Waals surface area contributed by atoms with E-state index in [0.717, 1.165) is 44.7 Å². The lowest BCUT2D eigenvalue weighted by atomic mass is 10.2. The maximum absolute atomic E-state index is 5.93. The van der Waals surface area contributed by atoms with Crippen LogP contribution in [0.3, 0.4) is 0 Å². The molecule has 0 saturated heterocycles. The Balaban J connectivity index is 2.11.